The number of nitrogens with two attached hydrogens (primary N) is 1. The SMILES string of the molecule is CC(C)(NS(=O)(=O)c1c[nH]c(CN)c1)c1nccs1. The van der Waals surface area contributed by atoms with Crippen LogP contribution in [0.15, 0.2) is 28.7 Å². The largest absolute Gasteiger partial charge is 0.363 e. The first kappa shape index (κ1) is 14.2. The first-order valence-electron chi connectivity index (χ1n) is 5.66. The van der Waals surface area contributed by atoms with Gasteiger partial charge in [-0.25, -0.2) is 13.4 Å². The fourth-order valence-electron chi connectivity index (χ4n) is 1.66. The van der Waals surface area contributed by atoms with E-state index in [1.54, 1.807) is 20.0 Å². The molecule has 0 aliphatic heterocycles. The van der Waals surface area contributed by atoms with Gasteiger partial charge < -0.3 is 10.7 Å². The third-order valence-corrected chi connectivity index (χ3v) is 5.34. The number of nitrogens with zero attached hydrogens (tertiary/aromatic N) is 1. The lowest BCUT2D eigenvalue weighted by Crippen LogP contribution is -2.40. The third kappa shape index (κ3) is 3.03. The molecule has 19 heavy (non-hydrogen) atoms. The molecule has 0 radical (unpaired) electrons. The molecule has 0 spiro atoms. The number of H-pyrrole nitrogens is 1. The Morgan fingerprint density at radius 1 is 1.53 bits per heavy atom. The smallest absolute Gasteiger partial charge is 0.242 e. The minimum absolute atomic E-state index is 0.178. The van der Waals surface area contributed by atoms with Crippen LogP contribution in [0.25, 0.3) is 0 Å². The summed E-state index contributed by atoms with van der Waals surface area (Å²) in [4.78, 5) is 7.15. The van der Waals surface area contributed by atoms with E-state index >= 15 is 0 Å². The zero-order valence-electron chi connectivity index (χ0n) is 10.7. The Morgan fingerprint density at radius 3 is 2.79 bits per heavy atom. The fourth-order valence-corrected chi connectivity index (χ4v) is 3.84. The highest BCUT2D eigenvalue weighted by molar-refractivity contribution is 7.89. The number of thiazole rings is 1. The van der Waals surface area contributed by atoms with Crippen molar-refractivity contribution >= 4 is 21.4 Å². The topological polar surface area (TPSA) is 101 Å². The number of aromatic amines is 1. The summed E-state index contributed by atoms with van der Waals surface area (Å²) in [6, 6.07) is 1.53. The first-order valence-corrected chi connectivity index (χ1v) is 8.03. The molecule has 2 heterocycles. The average Bonchev–Trinajstić information content (AvgIpc) is 2.99. The molecule has 0 bridgehead atoms. The number of sulfonamides is 1. The van der Waals surface area contributed by atoms with E-state index in [-0.39, 0.29) is 11.4 Å². The summed E-state index contributed by atoms with van der Waals surface area (Å²) in [7, 11) is -3.60. The highest BCUT2D eigenvalue weighted by Crippen LogP contribution is 2.24. The molecule has 2 rings (SSSR count). The van der Waals surface area contributed by atoms with Crippen LogP contribution in [0.4, 0.5) is 0 Å². The Labute approximate surface area is 116 Å². The summed E-state index contributed by atoms with van der Waals surface area (Å²) in [5, 5.41) is 2.53. The molecule has 0 aromatic carbocycles. The van der Waals surface area contributed by atoms with Gasteiger partial charge in [-0.1, -0.05) is 0 Å². The van der Waals surface area contributed by atoms with E-state index in [0.29, 0.717) is 10.7 Å². The van der Waals surface area contributed by atoms with Gasteiger partial charge in [0.25, 0.3) is 0 Å². The molecule has 8 heteroatoms. The number of hydrogen-bond donors (Lipinski definition) is 3. The lowest BCUT2D eigenvalue weighted by molar-refractivity contribution is 0.470. The van der Waals surface area contributed by atoms with E-state index in [4.69, 9.17) is 5.73 Å². The van der Waals surface area contributed by atoms with Crippen LogP contribution in [0, 0.1) is 0 Å². The molecule has 2 aromatic rings. The van der Waals surface area contributed by atoms with Gasteiger partial charge in [0.15, 0.2) is 0 Å². The Balaban J connectivity index is 2.26. The number of rotatable bonds is 5. The fraction of sp³-hybridized carbons (Fsp3) is 0.364. The predicted molar refractivity (Wildman–Crippen MR) is 74.1 cm³/mol. The van der Waals surface area contributed by atoms with E-state index in [2.05, 4.69) is 14.7 Å². The van der Waals surface area contributed by atoms with Crippen LogP contribution in [0.3, 0.4) is 0 Å². The van der Waals surface area contributed by atoms with E-state index in [1.807, 2.05) is 5.38 Å². The molecule has 0 saturated heterocycles. The number of hydrogen-bond acceptors (Lipinski definition) is 5. The van der Waals surface area contributed by atoms with Crippen LogP contribution in [-0.4, -0.2) is 18.4 Å². The molecule has 0 saturated carbocycles. The number of nitrogens with one attached hydrogen (secondary N) is 2. The van der Waals surface area contributed by atoms with Crippen LogP contribution in [-0.2, 0) is 22.1 Å². The van der Waals surface area contributed by atoms with Crippen LogP contribution in [0.5, 0.6) is 0 Å². The van der Waals surface area contributed by atoms with Gasteiger partial charge in [0.1, 0.15) is 5.01 Å². The van der Waals surface area contributed by atoms with E-state index in [9.17, 15) is 8.42 Å². The summed E-state index contributed by atoms with van der Waals surface area (Å²) in [5.74, 6) is 0. The Hall–Kier alpha value is -1.22. The molecule has 0 atom stereocenters. The van der Waals surface area contributed by atoms with Crippen LogP contribution >= 0.6 is 11.3 Å². The summed E-state index contributed by atoms with van der Waals surface area (Å²) in [6.45, 7) is 3.82. The highest BCUT2D eigenvalue weighted by Gasteiger charge is 2.30. The maximum absolute atomic E-state index is 12.3. The molecule has 6 nitrogen and oxygen atoms in total. The van der Waals surface area contributed by atoms with Crippen molar-refractivity contribution in [3.8, 4) is 0 Å². The van der Waals surface area contributed by atoms with Crippen molar-refractivity contribution in [3.05, 3.63) is 34.5 Å². The van der Waals surface area contributed by atoms with E-state index in [0.717, 1.165) is 0 Å². The van der Waals surface area contributed by atoms with Crippen molar-refractivity contribution < 1.29 is 8.42 Å². The minimum atomic E-state index is -3.60. The van der Waals surface area contributed by atoms with Gasteiger partial charge in [-0.05, 0) is 19.9 Å². The third-order valence-electron chi connectivity index (χ3n) is 2.60. The maximum Gasteiger partial charge on any atom is 0.242 e. The molecule has 2 aromatic heterocycles. The van der Waals surface area contributed by atoms with Crippen molar-refractivity contribution in [2.45, 2.75) is 30.8 Å². The van der Waals surface area contributed by atoms with Crippen molar-refractivity contribution in [1.29, 1.82) is 0 Å². The molecule has 0 unspecified atom stereocenters. The Morgan fingerprint density at radius 2 is 2.26 bits per heavy atom. The van der Waals surface area contributed by atoms with Crippen molar-refractivity contribution in [1.82, 2.24) is 14.7 Å². The first-order chi connectivity index (χ1) is 8.85. The van der Waals surface area contributed by atoms with Gasteiger partial charge in [-0.2, -0.15) is 4.72 Å². The molecule has 0 amide bonds. The van der Waals surface area contributed by atoms with E-state index < -0.39 is 15.6 Å². The summed E-state index contributed by atoms with van der Waals surface area (Å²) in [5.41, 5.74) is 5.37. The quantitative estimate of drug-likeness (QED) is 0.771. The van der Waals surface area contributed by atoms with Gasteiger partial charge in [0.2, 0.25) is 10.0 Å². The zero-order chi connectivity index (χ0) is 14.1. The number of aromatic nitrogens is 2. The van der Waals surface area contributed by atoms with Gasteiger partial charge in [0, 0.05) is 30.0 Å². The molecule has 0 fully saturated rings. The van der Waals surface area contributed by atoms with Gasteiger partial charge >= 0.3 is 0 Å². The second-order valence-corrected chi connectivity index (χ2v) is 7.21. The maximum atomic E-state index is 12.3. The summed E-state index contributed by atoms with van der Waals surface area (Å²) >= 11 is 1.41. The molecular weight excluding hydrogens is 284 g/mol. The molecule has 0 aliphatic rings. The monoisotopic (exact) mass is 300 g/mol. The second kappa shape index (κ2) is 5.04. The highest BCUT2D eigenvalue weighted by atomic mass is 32.2. The lowest BCUT2D eigenvalue weighted by Gasteiger charge is -2.23. The van der Waals surface area contributed by atoms with Crippen LogP contribution in [0.2, 0.25) is 0 Å². The summed E-state index contributed by atoms with van der Waals surface area (Å²) < 4.78 is 27.2. The molecule has 4 N–H and O–H groups in total. The predicted octanol–water partition coefficient (Wildman–Crippen LogP) is 1.14. The lowest BCUT2D eigenvalue weighted by atomic mass is 10.1. The Bertz CT molecular complexity index is 644. The van der Waals surface area contributed by atoms with E-state index in [1.165, 1.54) is 23.6 Å². The van der Waals surface area contributed by atoms with Gasteiger partial charge in [0.05, 0.1) is 10.4 Å². The summed E-state index contributed by atoms with van der Waals surface area (Å²) in [6.07, 6.45) is 3.08. The molecule has 104 valence electrons. The van der Waals surface area contributed by atoms with Crippen molar-refractivity contribution in [3.63, 3.8) is 0 Å². The second-order valence-electron chi connectivity index (χ2n) is 4.63. The normalized spacial score (nSPS) is 12.8. The van der Waals surface area contributed by atoms with Crippen LogP contribution in [0.1, 0.15) is 24.5 Å². The zero-order valence-corrected chi connectivity index (χ0v) is 12.3. The standard InChI is InChI=1S/C11H16N4O2S2/c1-11(2,10-13-3-4-18-10)15-19(16,17)9-5-8(6-12)14-7-9/h3-5,7,14-15H,6,12H2,1-2H3. The molecular formula is C11H16N4O2S2. The van der Waals surface area contributed by atoms with Crippen LogP contribution < -0.4 is 10.5 Å². The Kier molecular flexibility index (Phi) is 3.77. The van der Waals surface area contributed by atoms with Gasteiger partial charge in [-0.15, -0.1) is 11.3 Å². The van der Waals surface area contributed by atoms with Crippen molar-refractivity contribution in [2.75, 3.05) is 0 Å². The average molecular weight is 300 g/mol. The van der Waals surface area contributed by atoms with Crippen molar-refractivity contribution in [2.24, 2.45) is 5.73 Å². The molecule has 0 aliphatic carbocycles. The minimum Gasteiger partial charge on any atom is -0.363 e. The van der Waals surface area contributed by atoms with Gasteiger partial charge in [-0.3, -0.25) is 0 Å².